The highest BCUT2D eigenvalue weighted by Crippen LogP contribution is 2.51. The van der Waals surface area contributed by atoms with E-state index in [-0.39, 0.29) is 11.2 Å². The molecule has 0 unspecified atom stereocenters. The molecule has 0 aliphatic heterocycles. The molecule has 2 aromatic heterocycles. The van der Waals surface area contributed by atoms with Gasteiger partial charge in [-0.1, -0.05) is 18.3 Å². The van der Waals surface area contributed by atoms with Crippen LogP contribution in [0.1, 0.15) is 43.2 Å². The van der Waals surface area contributed by atoms with Crippen LogP contribution in [0.3, 0.4) is 0 Å². The average molecular weight is 368 g/mol. The van der Waals surface area contributed by atoms with Crippen LogP contribution >= 0.6 is 11.8 Å². The van der Waals surface area contributed by atoms with Crippen molar-refractivity contribution in [2.24, 2.45) is 0 Å². The minimum atomic E-state index is -0.738. The van der Waals surface area contributed by atoms with Gasteiger partial charge in [0.05, 0.1) is 12.7 Å². The molecule has 0 amide bonds. The number of aromatic nitrogens is 2. The Morgan fingerprint density at radius 1 is 1.35 bits per heavy atom. The summed E-state index contributed by atoms with van der Waals surface area (Å²) in [6, 6.07) is 5.58. The third-order valence-corrected chi connectivity index (χ3v) is 6.07. The summed E-state index contributed by atoms with van der Waals surface area (Å²) < 4.78 is 5.13. The van der Waals surface area contributed by atoms with Crippen molar-refractivity contribution in [1.29, 1.82) is 0 Å². The summed E-state index contributed by atoms with van der Waals surface area (Å²) in [6.45, 7) is 0. The number of nitrogens with zero attached hydrogens (tertiary/aromatic N) is 2. The number of hydrogen-bond acceptors (Lipinski definition) is 5. The van der Waals surface area contributed by atoms with E-state index >= 15 is 0 Å². The molecule has 1 N–H and O–H groups in total. The Morgan fingerprint density at radius 2 is 2.19 bits per heavy atom. The van der Waals surface area contributed by atoms with Crippen LogP contribution in [0, 0.1) is 11.8 Å². The van der Waals surface area contributed by atoms with Crippen molar-refractivity contribution in [1.82, 2.24) is 9.97 Å². The Balaban J connectivity index is 1.80. The first kappa shape index (κ1) is 18.3. The topological polar surface area (TPSA) is 72.3 Å². The predicted octanol–water partition coefficient (Wildman–Crippen LogP) is 3.76. The van der Waals surface area contributed by atoms with Gasteiger partial charge in [0.25, 0.3) is 0 Å². The number of thioether (sulfide) groups is 1. The molecule has 0 saturated heterocycles. The molecule has 26 heavy (non-hydrogen) atoms. The fraction of sp³-hybridized carbons (Fsp3) is 0.350. The highest BCUT2D eigenvalue weighted by Gasteiger charge is 2.38. The van der Waals surface area contributed by atoms with Gasteiger partial charge in [-0.05, 0) is 31.4 Å². The van der Waals surface area contributed by atoms with Gasteiger partial charge in [-0.3, -0.25) is 9.78 Å². The summed E-state index contributed by atoms with van der Waals surface area (Å²) in [5, 5.41) is 9.01. The predicted molar refractivity (Wildman–Crippen MR) is 100 cm³/mol. The lowest BCUT2D eigenvalue weighted by atomic mass is 9.81. The van der Waals surface area contributed by atoms with Gasteiger partial charge in [-0.25, -0.2) is 4.98 Å². The third-order valence-electron chi connectivity index (χ3n) is 4.45. The van der Waals surface area contributed by atoms with Crippen LogP contribution in [-0.2, 0) is 4.79 Å². The molecular formula is C20H20N2O3S. The van der Waals surface area contributed by atoms with Gasteiger partial charge in [-0.15, -0.1) is 11.8 Å². The summed E-state index contributed by atoms with van der Waals surface area (Å²) in [4.78, 5) is 20.3. The fourth-order valence-electron chi connectivity index (χ4n) is 2.85. The number of ether oxygens (including phenoxy) is 1. The lowest BCUT2D eigenvalue weighted by Crippen LogP contribution is -2.33. The van der Waals surface area contributed by atoms with Gasteiger partial charge in [0.2, 0.25) is 5.88 Å². The van der Waals surface area contributed by atoms with E-state index < -0.39 is 5.97 Å². The molecule has 6 heteroatoms. The van der Waals surface area contributed by atoms with Crippen LogP contribution in [0.4, 0.5) is 0 Å². The van der Waals surface area contributed by atoms with Gasteiger partial charge >= 0.3 is 5.97 Å². The molecule has 1 aliphatic carbocycles. The summed E-state index contributed by atoms with van der Waals surface area (Å²) in [5.41, 5.74) is 1.68. The quantitative estimate of drug-likeness (QED) is 0.783. The van der Waals surface area contributed by atoms with Gasteiger partial charge in [-0.2, -0.15) is 0 Å². The summed E-state index contributed by atoms with van der Waals surface area (Å²) >= 11 is 1.75. The van der Waals surface area contributed by atoms with Gasteiger partial charge in [0.1, 0.15) is 0 Å². The molecule has 1 fully saturated rings. The molecule has 0 atom stereocenters. The van der Waals surface area contributed by atoms with E-state index in [2.05, 4.69) is 21.8 Å². The molecule has 134 valence electrons. The first-order valence-corrected chi connectivity index (χ1v) is 9.29. The maximum atomic E-state index is 11.0. The lowest BCUT2D eigenvalue weighted by Gasteiger charge is -2.41. The second-order valence-electron chi connectivity index (χ2n) is 6.24. The average Bonchev–Trinajstić information content (AvgIpc) is 2.63. The monoisotopic (exact) mass is 368 g/mol. The Hall–Kier alpha value is -2.52. The molecule has 0 aromatic carbocycles. The normalized spacial score (nSPS) is 14.7. The van der Waals surface area contributed by atoms with E-state index in [1.165, 1.54) is 0 Å². The molecule has 3 rings (SSSR count). The number of carbonyl (C=O) groups is 1. The van der Waals surface area contributed by atoms with Gasteiger partial charge in [0, 0.05) is 46.3 Å². The second kappa shape index (κ2) is 8.24. The minimum Gasteiger partial charge on any atom is -0.481 e. The van der Waals surface area contributed by atoms with Crippen molar-refractivity contribution in [2.75, 3.05) is 7.11 Å². The highest BCUT2D eigenvalue weighted by atomic mass is 32.2. The second-order valence-corrected chi connectivity index (χ2v) is 7.75. The number of pyridine rings is 2. The van der Waals surface area contributed by atoms with Gasteiger partial charge < -0.3 is 9.84 Å². The number of carboxylic acid groups (broad SMARTS) is 1. The van der Waals surface area contributed by atoms with Gasteiger partial charge in [0.15, 0.2) is 0 Å². The molecule has 0 bridgehead atoms. The summed E-state index contributed by atoms with van der Waals surface area (Å²) in [6.07, 6.45) is 9.30. The zero-order valence-corrected chi connectivity index (χ0v) is 15.4. The van der Waals surface area contributed by atoms with Crippen molar-refractivity contribution >= 4 is 17.7 Å². The number of rotatable bonds is 6. The van der Waals surface area contributed by atoms with E-state index in [0.29, 0.717) is 12.3 Å². The van der Waals surface area contributed by atoms with Crippen molar-refractivity contribution in [3.05, 3.63) is 47.9 Å². The van der Waals surface area contributed by atoms with Crippen LogP contribution < -0.4 is 4.74 Å². The SMILES string of the molecule is COc1cc(C#Cc2cnccc2SC2(CCC(=O)O)CCC2)ccn1. The molecule has 0 spiro atoms. The molecule has 2 heterocycles. The molecule has 2 aromatic rings. The zero-order valence-electron chi connectivity index (χ0n) is 14.6. The summed E-state index contributed by atoms with van der Waals surface area (Å²) in [5.74, 6) is 6.10. The van der Waals surface area contributed by atoms with Crippen LogP contribution in [-0.4, -0.2) is 32.9 Å². The Labute approximate surface area is 157 Å². The van der Waals surface area contributed by atoms with Crippen molar-refractivity contribution < 1.29 is 14.6 Å². The Bertz CT molecular complexity index is 853. The third kappa shape index (κ3) is 4.55. The minimum absolute atomic E-state index is 0.00998. The fourth-order valence-corrected chi connectivity index (χ4v) is 4.35. The largest absolute Gasteiger partial charge is 0.481 e. The number of aliphatic carboxylic acids is 1. The Morgan fingerprint density at radius 3 is 2.88 bits per heavy atom. The van der Waals surface area contributed by atoms with Crippen LogP contribution in [0.2, 0.25) is 0 Å². The summed E-state index contributed by atoms with van der Waals surface area (Å²) in [7, 11) is 1.57. The van der Waals surface area contributed by atoms with Crippen LogP contribution in [0.15, 0.2) is 41.7 Å². The standard InChI is InChI=1S/C20H20N2O3S/c1-25-18-13-15(6-12-22-18)3-4-16-14-21-11-7-17(16)26-20(8-2-9-20)10-5-19(23)24/h6-7,11-14H,2,5,8-10H2,1H3,(H,23,24). The lowest BCUT2D eigenvalue weighted by molar-refractivity contribution is -0.137. The first-order chi connectivity index (χ1) is 12.6. The highest BCUT2D eigenvalue weighted by molar-refractivity contribution is 8.00. The molecule has 1 saturated carbocycles. The molecule has 0 radical (unpaired) electrons. The first-order valence-electron chi connectivity index (χ1n) is 8.47. The van der Waals surface area contributed by atoms with E-state index in [9.17, 15) is 4.79 Å². The van der Waals surface area contributed by atoms with Crippen LogP contribution in [0.25, 0.3) is 0 Å². The maximum absolute atomic E-state index is 11.0. The smallest absolute Gasteiger partial charge is 0.303 e. The van der Waals surface area contributed by atoms with Crippen molar-refractivity contribution in [3.63, 3.8) is 0 Å². The maximum Gasteiger partial charge on any atom is 0.303 e. The van der Waals surface area contributed by atoms with Crippen molar-refractivity contribution in [3.8, 4) is 17.7 Å². The molecule has 1 aliphatic rings. The van der Waals surface area contributed by atoms with E-state index in [1.54, 1.807) is 43.5 Å². The molecular weight excluding hydrogens is 348 g/mol. The zero-order chi connectivity index (χ0) is 18.4. The number of hydrogen-bond donors (Lipinski definition) is 1. The van der Waals surface area contributed by atoms with Crippen molar-refractivity contribution in [2.45, 2.75) is 41.7 Å². The Kier molecular flexibility index (Phi) is 5.79. The van der Waals surface area contributed by atoms with E-state index in [1.807, 2.05) is 12.1 Å². The number of carboxylic acids is 1. The van der Waals surface area contributed by atoms with E-state index in [4.69, 9.17) is 9.84 Å². The van der Waals surface area contributed by atoms with E-state index in [0.717, 1.165) is 35.3 Å². The number of methoxy groups -OCH3 is 1. The van der Waals surface area contributed by atoms with Crippen LogP contribution in [0.5, 0.6) is 5.88 Å². The molecule has 5 nitrogen and oxygen atoms in total.